The molecule has 0 bridgehead atoms. The third-order valence-electron chi connectivity index (χ3n) is 10.9. The summed E-state index contributed by atoms with van der Waals surface area (Å²) in [7, 11) is 0. The summed E-state index contributed by atoms with van der Waals surface area (Å²) >= 11 is 0. The van der Waals surface area contributed by atoms with Crippen LogP contribution >= 0.6 is 0 Å². The van der Waals surface area contributed by atoms with Crippen molar-refractivity contribution in [3.63, 3.8) is 0 Å². The molecule has 1 rings (SSSR count). The molecule has 0 radical (unpaired) electrons. The van der Waals surface area contributed by atoms with E-state index in [9.17, 15) is 48.3 Å². The molecule has 378 valence electrons. The zero-order valence-corrected chi connectivity index (χ0v) is 41.7. The summed E-state index contributed by atoms with van der Waals surface area (Å²) in [5, 5.41) is 30.7. The third kappa shape index (κ3) is 23.1. The van der Waals surface area contributed by atoms with Crippen LogP contribution in [0.5, 0.6) is 0 Å². The third-order valence-corrected chi connectivity index (χ3v) is 10.9. The van der Waals surface area contributed by atoms with E-state index in [0.717, 1.165) is 0 Å². The number of aliphatic carboxylic acids is 1. The van der Waals surface area contributed by atoms with Crippen LogP contribution < -0.4 is 48.3 Å². The lowest BCUT2D eigenvalue weighted by Gasteiger charge is -2.28. The first-order valence-electron chi connectivity index (χ1n) is 23.6. The molecular formula is C48H81N9O10. The van der Waals surface area contributed by atoms with Crippen molar-refractivity contribution in [3.8, 4) is 0 Å². The Morgan fingerprint density at radius 2 is 0.940 bits per heavy atom. The lowest BCUT2D eigenvalue weighted by Crippen LogP contribution is -2.59. The van der Waals surface area contributed by atoms with Gasteiger partial charge in [-0.15, -0.1) is 0 Å². The van der Waals surface area contributed by atoms with Gasteiger partial charge in [0.1, 0.15) is 36.3 Å². The van der Waals surface area contributed by atoms with Gasteiger partial charge in [-0.25, -0.2) is 4.79 Å². The van der Waals surface area contributed by atoms with Crippen LogP contribution in [-0.4, -0.2) is 114 Å². The zero-order chi connectivity index (χ0) is 51.1. The highest BCUT2D eigenvalue weighted by molar-refractivity contribution is 5.97. The van der Waals surface area contributed by atoms with Crippen molar-refractivity contribution in [1.29, 1.82) is 0 Å². The average Bonchev–Trinajstić information content (AvgIpc) is 3.23. The van der Waals surface area contributed by atoms with Crippen molar-refractivity contribution in [3.05, 3.63) is 35.9 Å². The standard InChI is InChI=1S/C48H81N9O10/c1-13-31(12)41(46(64)51-24-38(58)52-36(23-32-17-15-14-16-18-32)45(63)55-37(48(66)67)22-29(8)9)56-39(59)25-50-43(61)34(20-27(4)5)53-44(62)35(21-28(6)7)54-47(65)40(30(10)11)57-42(60)33(49)19-26(2)3/h14-18,26-31,33-37,40-41H,13,19-25,49H2,1-12H3,(H,50,61)(H,51,64)(H,52,58)(H,53,62)(H,54,65)(H,55,63)(H,56,59)(H,57,60)(H,66,67)/t31-,33-,34-,35-,36-,37-,40-,41-/m0/s1. The van der Waals surface area contributed by atoms with Crippen molar-refractivity contribution >= 4 is 53.2 Å². The quantitative estimate of drug-likeness (QED) is 0.0529. The summed E-state index contributed by atoms with van der Waals surface area (Å²) < 4.78 is 0. The van der Waals surface area contributed by atoms with Crippen LogP contribution in [0.3, 0.4) is 0 Å². The smallest absolute Gasteiger partial charge is 0.326 e. The molecule has 67 heavy (non-hydrogen) atoms. The van der Waals surface area contributed by atoms with Crippen LogP contribution in [0.4, 0.5) is 0 Å². The maximum atomic E-state index is 13.8. The number of carboxylic acid groups (broad SMARTS) is 1. The van der Waals surface area contributed by atoms with E-state index in [0.29, 0.717) is 18.4 Å². The largest absolute Gasteiger partial charge is 0.480 e. The second kappa shape index (κ2) is 29.9. The Balaban J connectivity index is 3.07. The summed E-state index contributed by atoms with van der Waals surface area (Å²) in [6.45, 7) is 20.9. The Morgan fingerprint density at radius 1 is 0.493 bits per heavy atom. The highest BCUT2D eigenvalue weighted by Crippen LogP contribution is 2.13. The van der Waals surface area contributed by atoms with E-state index in [1.807, 2.05) is 55.4 Å². The minimum absolute atomic E-state index is 0.0363. The summed E-state index contributed by atoms with van der Waals surface area (Å²) in [5.41, 5.74) is 6.77. The van der Waals surface area contributed by atoms with Gasteiger partial charge in [0.15, 0.2) is 0 Å². The van der Waals surface area contributed by atoms with Gasteiger partial charge in [-0.2, -0.15) is 0 Å². The van der Waals surface area contributed by atoms with Crippen LogP contribution in [0.25, 0.3) is 0 Å². The van der Waals surface area contributed by atoms with Crippen LogP contribution in [0.2, 0.25) is 0 Å². The maximum Gasteiger partial charge on any atom is 0.326 e. The van der Waals surface area contributed by atoms with Gasteiger partial charge in [-0.1, -0.05) is 120 Å². The molecule has 8 atom stereocenters. The van der Waals surface area contributed by atoms with E-state index in [4.69, 9.17) is 5.73 Å². The lowest BCUT2D eigenvalue weighted by molar-refractivity contribution is -0.142. The molecular weight excluding hydrogens is 863 g/mol. The normalized spacial score (nSPS) is 15.0. The first-order valence-corrected chi connectivity index (χ1v) is 23.6. The second-order valence-corrected chi connectivity index (χ2v) is 19.6. The van der Waals surface area contributed by atoms with Crippen LogP contribution in [0.15, 0.2) is 30.3 Å². The summed E-state index contributed by atoms with van der Waals surface area (Å²) in [6, 6.07) is 1.36. The molecule has 8 amide bonds. The number of carbonyl (C=O) groups excluding carboxylic acids is 8. The molecule has 0 saturated heterocycles. The molecule has 0 unspecified atom stereocenters. The van der Waals surface area contributed by atoms with E-state index in [-0.39, 0.29) is 55.3 Å². The number of carboxylic acids is 1. The number of amides is 8. The van der Waals surface area contributed by atoms with Crippen molar-refractivity contribution < 1.29 is 48.3 Å². The number of rotatable bonds is 30. The number of benzene rings is 1. The highest BCUT2D eigenvalue weighted by atomic mass is 16.4. The number of nitrogens with two attached hydrogens (primary N) is 1. The Kier molecular flexibility index (Phi) is 26.5. The van der Waals surface area contributed by atoms with Gasteiger partial charge in [0, 0.05) is 6.42 Å². The molecule has 19 nitrogen and oxygen atoms in total. The first-order chi connectivity index (χ1) is 31.2. The van der Waals surface area contributed by atoms with E-state index >= 15 is 0 Å². The van der Waals surface area contributed by atoms with E-state index in [1.54, 1.807) is 58.0 Å². The van der Waals surface area contributed by atoms with E-state index in [2.05, 4.69) is 42.5 Å². The highest BCUT2D eigenvalue weighted by Gasteiger charge is 2.34. The molecule has 0 aliphatic rings. The monoisotopic (exact) mass is 944 g/mol. The van der Waals surface area contributed by atoms with Crippen molar-refractivity contribution in [2.75, 3.05) is 13.1 Å². The predicted molar refractivity (Wildman–Crippen MR) is 255 cm³/mol. The van der Waals surface area contributed by atoms with Crippen LogP contribution in [-0.2, 0) is 49.6 Å². The predicted octanol–water partition coefficient (Wildman–Crippen LogP) is 1.67. The number of hydrogen-bond donors (Lipinski definition) is 10. The second-order valence-electron chi connectivity index (χ2n) is 19.6. The Morgan fingerprint density at radius 3 is 1.43 bits per heavy atom. The van der Waals surface area contributed by atoms with Crippen molar-refractivity contribution in [1.82, 2.24) is 42.5 Å². The van der Waals surface area contributed by atoms with E-state index in [1.165, 1.54) is 0 Å². The number of carbonyl (C=O) groups is 9. The maximum absolute atomic E-state index is 13.8. The molecule has 11 N–H and O–H groups in total. The molecule has 0 heterocycles. The SMILES string of the molecule is CC[C@H](C)[C@H](NC(=O)CNC(=O)[C@H](CC(C)C)NC(=O)[C@H](CC(C)C)NC(=O)[C@@H](NC(=O)[C@@H](N)CC(C)C)C(C)C)C(=O)NCC(=O)N[C@@H](Cc1ccccc1)C(=O)N[C@@H](CC(C)C)C(=O)O. The van der Waals surface area contributed by atoms with Gasteiger partial charge in [0.05, 0.1) is 19.1 Å². The minimum Gasteiger partial charge on any atom is -0.480 e. The van der Waals surface area contributed by atoms with Crippen LogP contribution in [0.1, 0.15) is 121 Å². The topological polar surface area (TPSA) is 296 Å². The van der Waals surface area contributed by atoms with E-state index < -0.39 is 115 Å². The molecule has 0 saturated carbocycles. The minimum atomic E-state index is -1.21. The fourth-order valence-electron chi connectivity index (χ4n) is 7.11. The molecule has 0 aliphatic heterocycles. The van der Waals surface area contributed by atoms with Gasteiger partial charge in [0.25, 0.3) is 0 Å². The molecule has 1 aromatic rings. The number of hydrogen-bond acceptors (Lipinski definition) is 10. The molecule has 1 aromatic carbocycles. The fourth-order valence-corrected chi connectivity index (χ4v) is 7.11. The summed E-state index contributed by atoms with van der Waals surface area (Å²) in [4.78, 5) is 119. The molecule has 0 fully saturated rings. The van der Waals surface area contributed by atoms with Gasteiger partial charge in [-0.3, -0.25) is 38.4 Å². The summed E-state index contributed by atoms with van der Waals surface area (Å²) in [5.74, 6) is -7.20. The number of nitrogens with one attached hydrogen (secondary N) is 8. The molecule has 19 heteroatoms. The zero-order valence-electron chi connectivity index (χ0n) is 41.7. The Hall–Kier alpha value is -5.59. The fraction of sp³-hybridized carbons (Fsp3) is 0.688. The first kappa shape index (κ1) is 59.4. The van der Waals surface area contributed by atoms with Crippen molar-refractivity contribution in [2.24, 2.45) is 41.2 Å². The van der Waals surface area contributed by atoms with Gasteiger partial charge < -0.3 is 53.4 Å². The van der Waals surface area contributed by atoms with Crippen molar-refractivity contribution in [2.45, 2.75) is 164 Å². The Bertz CT molecular complexity index is 1790. The lowest BCUT2D eigenvalue weighted by atomic mass is 9.98. The average molecular weight is 944 g/mol. The Labute approximate surface area is 397 Å². The molecule has 0 spiro atoms. The summed E-state index contributed by atoms with van der Waals surface area (Å²) in [6.07, 6.45) is 1.49. The molecule has 0 aliphatic carbocycles. The molecule has 0 aromatic heterocycles. The van der Waals surface area contributed by atoms with Gasteiger partial charge >= 0.3 is 5.97 Å². The van der Waals surface area contributed by atoms with Gasteiger partial charge in [-0.05, 0) is 66.8 Å². The van der Waals surface area contributed by atoms with Gasteiger partial charge in [0.2, 0.25) is 47.3 Å². The van der Waals surface area contributed by atoms with Crippen LogP contribution in [0, 0.1) is 35.5 Å².